The first-order valence-corrected chi connectivity index (χ1v) is 4.51. The van der Waals surface area contributed by atoms with Gasteiger partial charge in [0.25, 0.3) is 0 Å². The lowest BCUT2D eigenvalue weighted by Crippen LogP contribution is -2.32. The first-order chi connectivity index (χ1) is 4.38. The molecule has 60 valence electrons. The first kappa shape index (κ1) is 8.67. The molecule has 0 radical (unpaired) electrons. The van der Waals surface area contributed by atoms with Crippen LogP contribution in [0, 0.1) is 11.3 Å². The van der Waals surface area contributed by atoms with Crippen LogP contribution in [0.3, 0.4) is 0 Å². The molecule has 1 atom stereocenters. The summed E-state index contributed by atoms with van der Waals surface area (Å²) < 4.78 is -0.507. The van der Waals surface area contributed by atoms with E-state index in [9.17, 15) is 0 Å². The molecular weight excluding hydrogens is 167 g/mol. The smallest absolute Gasteiger partial charge is 0.101 e. The van der Waals surface area contributed by atoms with E-state index in [2.05, 4.69) is 20.8 Å². The number of halogens is 2. The lowest BCUT2D eigenvalue weighted by molar-refractivity contribution is 0.341. The summed E-state index contributed by atoms with van der Waals surface area (Å²) in [6.07, 6.45) is 2.29. The monoisotopic (exact) mass is 180 g/mol. The van der Waals surface area contributed by atoms with Gasteiger partial charge in [0.1, 0.15) is 4.33 Å². The van der Waals surface area contributed by atoms with Gasteiger partial charge in [-0.2, -0.15) is 0 Å². The van der Waals surface area contributed by atoms with E-state index < -0.39 is 4.33 Å². The van der Waals surface area contributed by atoms with Gasteiger partial charge in [0.05, 0.1) is 0 Å². The summed E-state index contributed by atoms with van der Waals surface area (Å²) in [7, 11) is 0. The van der Waals surface area contributed by atoms with Crippen LogP contribution in [-0.2, 0) is 0 Å². The second kappa shape index (κ2) is 2.28. The molecule has 1 saturated carbocycles. The van der Waals surface area contributed by atoms with Crippen molar-refractivity contribution in [3.05, 3.63) is 0 Å². The summed E-state index contributed by atoms with van der Waals surface area (Å²) in [6.45, 7) is 6.39. The predicted molar refractivity (Wildman–Crippen MR) is 46.6 cm³/mol. The Bertz CT molecular complexity index is 138. The van der Waals surface area contributed by atoms with Crippen LogP contribution in [0.15, 0.2) is 0 Å². The second-order valence-corrected chi connectivity index (χ2v) is 5.33. The minimum atomic E-state index is -0.507. The van der Waals surface area contributed by atoms with Crippen LogP contribution in [0.5, 0.6) is 0 Å². The zero-order chi connectivity index (χ0) is 7.99. The number of hydrogen-bond acceptors (Lipinski definition) is 0. The van der Waals surface area contributed by atoms with Crippen LogP contribution in [0.4, 0.5) is 0 Å². The number of hydrogen-bond donors (Lipinski definition) is 0. The van der Waals surface area contributed by atoms with Crippen molar-refractivity contribution < 1.29 is 0 Å². The second-order valence-electron chi connectivity index (χ2n) is 3.95. The molecule has 1 aliphatic carbocycles. The van der Waals surface area contributed by atoms with Crippen molar-refractivity contribution in [2.24, 2.45) is 11.3 Å². The SMILES string of the molecule is C[C@H]1CCC(C)(C)C1(Cl)Cl. The normalized spacial score (nSPS) is 36.3. The van der Waals surface area contributed by atoms with E-state index in [1.807, 2.05) is 0 Å². The standard InChI is InChI=1S/C8H14Cl2/c1-6-4-5-7(2,3)8(6,9)10/h6H,4-5H2,1-3H3/t6-/m0/s1. The van der Waals surface area contributed by atoms with Crippen molar-refractivity contribution in [1.29, 1.82) is 0 Å². The molecular formula is C8H14Cl2. The van der Waals surface area contributed by atoms with E-state index in [0.29, 0.717) is 5.92 Å². The maximum Gasteiger partial charge on any atom is 0.125 e. The van der Waals surface area contributed by atoms with Gasteiger partial charge in [-0.25, -0.2) is 0 Å². The van der Waals surface area contributed by atoms with Gasteiger partial charge in [0, 0.05) is 0 Å². The summed E-state index contributed by atoms with van der Waals surface area (Å²) in [5, 5.41) is 0. The Balaban J connectivity index is 2.84. The van der Waals surface area contributed by atoms with Crippen molar-refractivity contribution in [2.45, 2.75) is 37.9 Å². The van der Waals surface area contributed by atoms with E-state index in [4.69, 9.17) is 23.2 Å². The third-order valence-electron chi connectivity index (χ3n) is 2.72. The van der Waals surface area contributed by atoms with Gasteiger partial charge in [0.2, 0.25) is 0 Å². The minimum Gasteiger partial charge on any atom is -0.101 e. The number of alkyl halides is 2. The quantitative estimate of drug-likeness (QED) is 0.500. The fourth-order valence-corrected chi connectivity index (χ4v) is 2.00. The van der Waals surface area contributed by atoms with Crippen LogP contribution >= 0.6 is 23.2 Å². The van der Waals surface area contributed by atoms with Gasteiger partial charge >= 0.3 is 0 Å². The summed E-state index contributed by atoms with van der Waals surface area (Å²) in [6, 6.07) is 0. The maximum absolute atomic E-state index is 6.18. The third-order valence-corrected chi connectivity index (χ3v) is 4.49. The van der Waals surface area contributed by atoms with Crippen molar-refractivity contribution in [2.75, 3.05) is 0 Å². The first-order valence-electron chi connectivity index (χ1n) is 3.76. The zero-order valence-corrected chi connectivity index (χ0v) is 8.26. The Labute approximate surface area is 72.9 Å². The molecule has 0 aromatic heterocycles. The van der Waals surface area contributed by atoms with Gasteiger partial charge in [0.15, 0.2) is 0 Å². The highest BCUT2D eigenvalue weighted by molar-refractivity contribution is 6.49. The summed E-state index contributed by atoms with van der Waals surface area (Å²) >= 11 is 12.4. The molecule has 0 heterocycles. The van der Waals surface area contributed by atoms with E-state index in [-0.39, 0.29) is 5.41 Å². The Hall–Kier alpha value is 0.580. The molecule has 0 spiro atoms. The minimum absolute atomic E-state index is 0.0928. The molecule has 0 unspecified atom stereocenters. The molecule has 0 aromatic carbocycles. The molecule has 0 saturated heterocycles. The molecule has 0 aliphatic heterocycles. The molecule has 1 aliphatic rings. The largest absolute Gasteiger partial charge is 0.125 e. The van der Waals surface area contributed by atoms with Crippen molar-refractivity contribution in [3.8, 4) is 0 Å². The molecule has 10 heavy (non-hydrogen) atoms. The molecule has 2 heteroatoms. The van der Waals surface area contributed by atoms with Crippen molar-refractivity contribution in [1.82, 2.24) is 0 Å². The molecule has 0 bridgehead atoms. The summed E-state index contributed by atoms with van der Waals surface area (Å²) in [5.41, 5.74) is 0.0928. The average Bonchev–Trinajstić information content (AvgIpc) is 1.94. The van der Waals surface area contributed by atoms with E-state index in [1.54, 1.807) is 0 Å². The Kier molecular flexibility index (Phi) is 1.98. The molecule has 0 amide bonds. The summed E-state index contributed by atoms with van der Waals surface area (Å²) in [5.74, 6) is 0.436. The van der Waals surface area contributed by atoms with E-state index in [1.165, 1.54) is 0 Å². The highest BCUT2D eigenvalue weighted by Crippen LogP contribution is 2.56. The highest BCUT2D eigenvalue weighted by atomic mass is 35.5. The van der Waals surface area contributed by atoms with Gasteiger partial charge in [-0.05, 0) is 24.2 Å². The fraction of sp³-hybridized carbons (Fsp3) is 1.00. The highest BCUT2D eigenvalue weighted by Gasteiger charge is 2.50. The van der Waals surface area contributed by atoms with Crippen LogP contribution < -0.4 is 0 Å². The Morgan fingerprint density at radius 1 is 1.30 bits per heavy atom. The van der Waals surface area contributed by atoms with E-state index >= 15 is 0 Å². The Morgan fingerprint density at radius 3 is 1.90 bits per heavy atom. The van der Waals surface area contributed by atoms with Crippen molar-refractivity contribution >= 4 is 23.2 Å². The van der Waals surface area contributed by atoms with Crippen LogP contribution in [0.2, 0.25) is 0 Å². The van der Waals surface area contributed by atoms with Gasteiger partial charge in [-0.3, -0.25) is 0 Å². The van der Waals surface area contributed by atoms with Gasteiger partial charge in [-0.15, -0.1) is 23.2 Å². The number of rotatable bonds is 0. The van der Waals surface area contributed by atoms with Crippen LogP contribution in [-0.4, -0.2) is 4.33 Å². The fourth-order valence-electron chi connectivity index (χ4n) is 1.59. The zero-order valence-electron chi connectivity index (χ0n) is 6.75. The topological polar surface area (TPSA) is 0 Å². The molecule has 0 N–H and O–H groups in total. The van der Waals surface area contributed by atoms with E-state index in [0.717, 1.165) is 12.8 Å². The lowest BCUT2D eigenvalue weighted by atomic mass is 9.89. The summed E-state index contributed by atoms with van der Waals surface area (Å²) in [4.78, 5) is 0. The Morgan fingerprint density at radius 2 is 1.80 bits per heavy atom. The van der Waals surface area contributed by atoms with Gasteiger partial charge < -0.3 is 0 Å². The third kappa shape index (κ3) is 1.06. The maximum atomic E-state index is 6.18. The predicted octanol–water partition coefficient (Wildman–Crippen LogP) is 3.62. The van der Waals surface area contributed by atoms with Crippen molar-refractivity contribution in [3.63, 3.8) is 0 Å². The lowest BCUT2D eigenvalue weighted by Gasteiger charge is -2.32. The van der Waals surface area contributed by atoms with Gasteiger partial charge in [-0.1, -0.05) is 20.8 Å². The molecule has 1 fully saturated rings. The average molecular weight is 181 g/mol. The molecule has 0 nitrogen and oxygen atoms in total. The molecule has 1 rings (SSSR count). The van der Waals surface area contributed by atoms with Crippen LogP contribution in [0.25, 0.3) is 0 Å². The molecule has 0 aromatic rings. The van der Waals surface area contributed by atoms with Crippen LogP contribution in [0.1, 0.15) is 33.6 Å².